The maximum Gasteiger partial charge on any atom is 0.416 e. The summed E-state index contributed by atoms with van der Waals surface area (Å²) in [5, 5.41) is 11.4. The van der Waals surface area contributed by atoms with Gasteiger partial charge in [0.2, 0.25) is 11.5 Å². The van der Waals surface area contributed by atoms with Crippen molar-refractivity contribution < 1.29 is 27.3 Å². The zero-order chi connectivity index (χ0) is 20.8. The van der Waals surface area contributed by atoms with E-state index in [0.29, 0.717) is 0 Å². The number of fused-ring (bicyclic) bond motifs is 1. The van der Waals surface area contributed by atoms with Crippen LogP contribution in [0.1, 0.15) is 32.9 Å². The molecule has 3 aromatic rings. The van der Waals surface area contributed by atoms with Gasteiger partial charge in [-0.2, -0.15) is 13.2 Å². The molecule has 0 aliphatic heterocycles. The smallest absolute Gasteiger partial charge is 0.416 e. The van der Waals surface area contributed by atoms with Crippen LogP contribution < -0.4 is 5.73 Å². The first-order valence-electron chi connectivity index (χ1n) is 8.03. The fourth-order valence-corrected chi connectivity index (χ4v) is 3.07. The molecule has 7 nitrogen and oxygen atoms in total. The Kier molecular flexibility index (Phi) is 4.58. The Morgan fingerprint density at radius 2 is 2.00 bits per heavy atom. The number of halogens is 3. The molecule has 0 fully saturated rings. The molecule has 0 unspecified atom stereocenters. The lowest BCUT2D eigenvalue weighted by molar-refractivity contribution is -0.386. The van der Waals surface area contributed by atoms with Crippen molar-refractivity contribution in [2.24, 2.45) is 0 Å². The van der Waals surface area contributed by atoms with Gasteiger partial charge in [-0.1, -0.05) is 18.2 Å². The summed E-state index contributed by atoms with van der Waals surface area (Å²) < 4.78 is 43.9. The SMILES string of the molecule is Cc1nc2oc(C(=O)Cc3cccc(C(F)(F)F)c3)c(N)c2c(C)c1[N+](=O)[O-]. The number of pyridine rings is 1. The first-order chi connectivity index (χ1) is 13.0. The van der Waals surface area contributed by atoms with Crippen LogP contribution in [0.3, 0.4) is 0 Å². The Hall–Kier alpha value is -3.43. The molecule has 2 N–H and O–H groups in total. The number of nitrogen functional groups attached to an aromatic ring is 1. The number of hydrogen-bond donors (Lipinski definition) is 1. The highest BCUT2D eigenvalue weighted by molar-refractivity contribution is 6.07. The lowest BCUT2D eigenvalue weighted by Crippen LogP contribution is -2.08. The molecule has 0 aliphatic rings. The normalized spacial score (nSPS) is 11.8. The number of Topliss-reactive ketones (excluding diaryl/α,β-unsaturated/α-hetero) is 1. The van der Waals surface area contributed by atoms with Crippen LogP contribution in [0.5, 0.6) is 0 Å². The number of hydrogen-bond acceptors (Lipinski definition) is 6. The number of nitrogens with zero attached hydrogens (tertiary/aromatic N) is 2. The molecule has 0 spiro atoms. The van der Waals surface area contributed by atoms with E-state index in [2.05, 4.69) is 4.98 Å². The first kappa shape index (κ1) is 19.3. The van der Waals surface area contributed by atoms with Crippen molar-refractivity contribution in [3.05, 3.63) is 62.5 Å². The number of furan rings is 1. The molecular weight excluding hydrogens is 379 g/mol. The first-order valence-corrected chi connectivity index (χ1v) is 8.03. The highest BCUT2D eigenvalue weighted by Gasteiger charge is 2.31. The van der Waals surface area contributed by atoms with Crippen molar-refractivity contribution in [3.63, 3.8) is 0 Å². The van der Waals surface area contributed by atoms with Crippen LogP contribution in [0.15, 0.2) is 28.7 Å². The Bertz CT molecular complexity index is 1120. The van der Waals surface area contributed by atoms with Gasteiger partial charge >= 0.3 is 6.18 Å². The number of ketones is 1. The third-order valence-corrected chi connectivity index (χ3v) is 4.32. The van der Waals surface area contributed by atoms with Crippen LogP contribution in [-0.2, 0) is 12.6 Å². The fourth-order valence-electron chi connectivity index (χ4n) is 3.07. The van der Waals surface area contributed by atoms with Crippen molar-refractivity contribution in [2.45, 2.75) is 26.4 Å². The second-order valence-electron chi connectivity index (χ2n) is 6.25. The van der Waals surface area contributed by atoms with Crippen LogP contribution in [0.2, 0.25) is 0 Å². The maximum absolute atomic E-state index is 12.8. The molecule has 0 saturated carbocycles. The number of alkyl halides is 3. The molecule has 0 amide bonds. The molecular formula is C18H14F3N3O4. The zero-order valence-corrected chi connectivity index (χ0v) is 14.8. The highest BCUT2D eigenvalue weighted by Crippen LogP contribution is 2.36. The van der Waals surface area contributed by atoms with Crippen molar-refractivity contribution in [3.8, 4) is 0 Å². The van der Waals surface area contributed by atoms with Crippen LogP contribution in [0, 0.1) is 24.0 Å². The molecule has 0 saturated heterocycles. The Balaban J connectivity index is 2.03. The van der Waals surface area contributed by atoms with Gasteiger partial charge in [-0.05, 0) is 25.5 Å². The van der Waals surface area contributed by atoms with Gasteiger partial charge in [0.25, 0.3) is 5.69 Å². The zero-order valence-electron chi connectivity index (χ0n) is 14.8. The van der Waals surface area contributed by atoms with E-state index in [1.54, 1.807) is 0 Å². The van der Waals surface area contributed by atoms with E-state index in [9.17, 15) is 28.1 Å². The van der Waals surface area contributed by atoms with Gasteiger partial charge < -0.3 is 10.2 Å². The fraction of sp³-hybridized carbons (Fsp3) is 0.222. The van der Waals surface area contributed by atoms with Gasteiger partial charge in [0.05, 0.1) is 21.6 Å². The quantitative estimate of drug-likeness (QED) is 0.400. The van der Waals surface area contributed by atoms with Crippen molar-refractivity contribution in [2.75, 3.05) is 5.73 Å². The van der Waals surface area contributed by atoms with Crippen LogP contribution in [0.4, 0.5) is 24.5 Å². The monoisotopic (exact) mass is 393 g/mol. The molecule has 1 aromatic carbocycles. The average Bonchev–Trinajstić information content (AvgIpc) is 2.90. The molecule has 146 valence electrons. The molecule has 2 heterocycles. The minimum atomic E-state index is -4.53. The average molecular weight is 393 g/mol. The number of carbonyl (C=O) groups excluding carboxylic acids is 1. The summed E-state index contributed by atoms with van der Waals surface area (Å²) in [7, 11) is 0. The van der Waals surface area contributed by atoms with E-state index in [0.717, 1.165) is 12.1 Å². The number of aryl methyl sites for hydroxylation is 2. The lowest BCUT2D eigenvalue weighted by atomic mass is 10.0. The molecule has 0 radical (unpaired) electrons. The molecule has 28 heavy (non-hydrogen) atoms. The van der Waals surface area contributed by atoms with E-state index in [1.807, 2.05) is 0 Å². The second-order valence-corrected chi connectivity index (χ2v) is 6.25. The van der Waals surface area contributed by atoms with E-state index >= 15 is 0 Å². The summed E-state index contributed by atoms with van der Waals surface area (Å²) in [5.41, 5.74) is 5.11. The molecule has 3 rings (SSSR count). The number of nitrogens with two attached hydrogens (primary N) is 1. The number of nitro groups is 1. The minimum absolute atomic E-state index is 0.0366. The largest absolute Gasteiger partial charge is 0.432 e. The predicted molar refractivity (Wildman–Crippen MR) is 94.0 cm³/mol. The molecule has 0 aliphatic carbocycles. The van der Waals surface area contributed by atoms with E-state index < -0.39 is 22.4 Å². The summed E-state index contributed by atoms with van der Waals surface area (Å²) in [5.74, 6) is -0.947. The lowest BCUT2D eigenvalue weighted by Gasteiger charge is -2.08. The summed E-state index contributed by atoms with van der Waals surface area (Å²) in [6.45, 7) is 2.88. The standard InChI is InChI=1S/C18H14F3N3O4/c1-8-13-14(22)16(28-17(13)23-9(2)15(8)24(26)27)12(25)7-10-4-3-5-11(6-10)18(19,20)21/h3-6H,7,22H2,1-2H3. The van der Waals surface area contributed by atoms with Gasteiger partial charge in [-0.3, -0.25) is 14.9 Å². The van der Waals surface area contributed by atoms with Gasteiger partial charge in [0.1, 0.15) is 5.69 Å². The Morgan fingerprint density at radius 1 is 1.32 bits per heavy atom. The predicted octanol–water partition coefficient (Wildman–Crippen LogP) is 4.38. The minimum Gasteiger partial charge on any atom is -0.432 e. The van der Waals surface area contributed by atoms with Crippen LogP contribution in [0.25, 0.3) is 11.1 Å². The summed E-state index contributed by atoms with van der Waals surface area (Å²) in [4.78, 5) is 27.2. The van der Waals surface area contributed by atoms with Crippen molar-refractivity contribution in [1.29, 1.82) is 0 Å². The number of anilines is 1. The van der Waals surface area contributed by atoms with Gasteiger partial charge in [-0.25, -0.2) is 4.98 Å². The number of aromatic nitrogens is 1. The maximum atomic E-state index is 12.8. The number of rotatable bonds is 4. The Morgan fingerprint density at radius 3 is 2.61 bits per heavy atom. The third kappa shape index (κ3) is 3.28. The number of benzene rings is 1. The third-order valence-electron chi connectivity index (χ3n) is 4.32. The highest BCUT2D eigenvalue weighted by atomic mass is 19.4. The second kappa shape index (κ2) is 6.63. The Labute approximate surface area is 156 Å². The van der Waals surface area contributed by atoms with Gasteiger partial charge in [-0.15, -0.1) is 0 Å². The van der Waals surface area contributed by atoms with Gasteiger partial charge in [0, 0.05) is 12.0 Å². The van der Waals surface area contributed by atoms with E-state index in [4.69, 9.17) is 10.2 Å². The van der Waals surface area contributed by atoms with E-state index in [-0.39, 0.29) is 51.5 Å². The molecule has 0 atom stereocenters. The van der Waals surface area contributed by atoms with Crippen molar-refractivity contribution in [1.82, 2.24) is 4.98 Å². The van der Waals surface area contributed by atoms with E-state index in [1.165, 1.54) is 26.0 Å². The molecule has 10 heteroatoms. The number of carbonyl (C=O) groups is 1. The van der Waals surface area contributed by atoms with Crippen molar-refractivity contribution >= 4 is 28.3 Å². The molecule has 0 bridgehead atoms. The van der Waals surface area contributed by atoms with Crippen LogP contribution in [-0.4, -0.2) is 15.7 Å². The summed E-state index contributed by atoms with van der Waals surface area (Å²) in [6, 6.07) is 4.35. The van der Waals surface area contributed by atoms with Crippen LogP contribution >= 0.6 is 0 Å². The summed E-state index contributed by atoms with van der Waals surface area (Å²) >= 11 is 0. The van der Waals surface area contributed by atoms with Gasteiger partial charge in [0.15, 0.2) is 5.76 Å². The summed E-state index contributed by atoms with van der Waals surface area (Å²) in [6.07, 6.45) is -4.91. The molecule has 2 aromatic heterocycles. The topological polar surface area (TPSA) is 112 Å².